The number of methoxy groups -OCH3 is 1. The molecule has 2 aliphatic heterocycles. The highest BCUT2D eigenvalue weighted by atomic mass is 16.7. The lowest BCUT2D eigenvalue weighted by molar-refractivity contribution is -0.166. The van der Waals surface area contributed by atoms with Gasteiger partial charge < -0.3 is 28.6 Å². The van der Waals surface area contributed by atoms with Crippen LogP contribution in [0.15, 0.2) is 6.20 Å². The summed E-state index contributed by atoms with van der Waals surface area (Å²) in [5.41, 5.74) is 0.360. The number of esters is 4. The standard InChI is InChI=1S/C24H31N5O9/c1-12-26-21(28-9-7-6-8-17(28)24(33)34-5)16-10-25-29(22(16)27-12)23-20(37-15(4)32)19(36-14(3)31)18(38-23)11-35-13(2)30/h10,17-20,23H,6-9,11H2,1-5H3/t17-,18-,19-,20-,23-/m1/s1. The molecule has 0 bridgehead atoms. The SMILES string of the molecule is COC(=O)[C@H]1CCCCN1c1nc(C)nc2c1cnn2[C@@H]1O[C@H](COC(C)=O)[C@@H](OC(C)=O)[C@H]1OC(C)=O. The number of aryl methyl sites for hydroxylation is 1. The quantitative estimate of drug-likeness (QED) is 0.366. The van der Waals surface area contributed by atoms with Crippen LogP contribution in [0.1, 0.15) is 52.1 Å². The predicted octanol–water partition coefficient (Wildman–Crippen LogP) is 0.991. The van der Waals surface area contributed by atoms with Crippen molar-refractivity contribution < 1.29 is 42.9 Å². The fourth-order valence-electron chi connectivity index (χ4n) is 4.88. The number of hydrogen-bond acceptors (Lipinski definition) is 13. The first-order valence-electron chi connectivity index (χ1n) is 12.3. The molecule has 2 aromatic heterocycles. The minimum Gasteiger partial charge on any atom is -0.467 e. The van der Waals surface area contributed by atoms with Crippen LogP contribution in [0, 0.1) is 6.92 Å². The predicted molar refractivity (Wildman–Crippen MR) is 129 cm³/mol. The molecule has 206 valence electrons. The third-order valence-electron chi connectivity index (χ3n) is 6.38. The molecule has 0 amide bonds. The van der Waals surface area contributed by atoms with Crippen LogP contribution in [-0.2, 0) is 42.9 Å². The zero-order valence-electron chi connectivity index (χ0n) is 21.9. The van der Waals surface area contributed by atoms with Gasteiger partial charge >= 0.3 is 23.9 Å². The van der Waals surface area contributed by atoms with Gasteiger partial charge in [0, 0.05) is 27.3 Å². The van der Waals surface area contributed by atoms with E-state index < -0.39 is 48.5 Å². The van der Waals surface area contributed by atoms with E-state index in [2.05, 4.69) is 15.1 Å². The van der Waals surface area contributed by atoms with Gasteiger partial charge in [-0.2, -0.15) is 5.10 Å². The molecule has 4 rings (SSSR count). The fourth-order valence-corrected chi connectivity index (χ4v) is 4.88. The molecular weight excluding hydrogens is 502 g/mol. The molecule has 38 heavy (non-hydrogen) atoms. The summed E-state index contributed by atoms with van der Waals surface area (Å²) < 4.78 is 28.6. The van der Waals surface area contributed by atoms with E-state index in [1.165, 1.54) is 32.6 Å². The largest absolute Gasteiger partial charge is 0.467 e. The minimum absolute atomic E-state index is 0.241. The number of anilines is 1. The van der Waals surface area contributed by atoms with Gasteiger partial charge in [-0.1, -0.05) is 0 Å². The monoisotopic (exact) mass is 533 g/mol. The van der Waals surface area contributed by atoms with Gasteiger partial charge in [0.25, 0.3) is 0 Å². The van der Waals surface area contributed by atoms with Gasteiger partial charge in [0.1, 0.15) is 30.4 Å². The molecule has 14 nitrogen and oxygen atoms in total. The Balaban J connectivity index is 1.78. The Morgan fingerprint density at radius 3 is 2.39 bits per heavy atom. The number of nitrogens with zero attached hydrogens (tertiary/aromatic N) is 5. The zero-order chi connectivity index (χ0) is 27.6. The van der Waals surface area contributed by atoms with Crippen LogP contribution in [0.3, 0.4) is 0 Å². The third-order valence-corrected chi connectivity index (χ3v) is 6.38. The Bertz CT molecular complexity index is 1230. The van der Waals surface area contributed by atoms with Crippen LogP contribution >= 0.6 is 0 Å². The van der Waals surface area contributed by atoms with E-state index in [-0.39, 0.29) is 12.6 Å². The van der Waals surface area contributed by atoms with E-state index in [0.29, 0.717) is 35.6 Å². The molecule has 14 heteroatoms. The zero-order valence-corrected chi connectivity index (χ0v) is 21.9. The normalized spacial score (nSPS) is 25.2. The van der Waals surface area contributed by atoms with E-state index in [1.807, 2.05) is 4.90 Å². The lowest BCUT2D eigenvalue weighted by Gasteiger charge is -2.35. The molecule has 0 aromatic carbocycles. The van der Waals surface area contributed by atoms with Gasteiger partial charge in [-0.15, -0.1) is 0 Å². The van der Waals surface area contributed by atoms with Crippen molar-refractivity contribution in [1.29, 1.82) is 0 Å². The van der Waals surface area contributed by atoms with Crippen LogP contribution in [0.4, 0.5) is 5.82 Å². The van der Waals surface area contributed by atoms with Gasteiger partial charge in [0.15, 0.2) is 24.1 Å². The Morgan fingerprint density at radius 1 is 1.03 bits per heavy atom. The maximum atomic E-state index is 12.5. The molecule has 0 saturated carbocycles. The summed E-state index contributed by atoms with van der Waals surface area (Å²) in [5.74, 6) is -1.24. The van der Waals surface area contributed by atoms with Crippen molar-refractivity contribution in [2.45, 2.75) is 77.5 Å². The maximum absolute atomic E-state index is 12.5. The second kappa shape index (κ2) is 11.3. The lowest BCUT2D eigenvalue weighted by atomic mass is 10.0. The molecule has 0 spiro atoms. The molecule has 2 fully saturated rings. The summed E-state index contributed by atoms with van der Waals surface area (Å²) in [6.07, 6.45) is -0.289. The van der Waals surface area contributed by atoms with Crippen LogP contribution in [0.25, 0.3) is 11.0 Å². The van der Waals surface area contributed by atoms with Crippen molar-refractivity contribution in [2.75, 3.05) is 25.2 Å². The van der Waals surface area contributed by atoms with E-state index in [4.69, 9.17) is 23.7 Å². The summed E-state index contributed by atoms with van der Waals surface area (Å²) in [5, 5.41) is 5.02. The smallest absolute Gasteiger partial charge is 0.328 e. The van der Waals surface area contributed by atoms with Crippen LogP contribution in [0.2, 0.25) is 0 Å². The lowest BCUT2D eigenvalue weighted by Crippen LogP contribution is -2.46. The highest BCUT2D eigenvalue weighted by Gasteiger charge is 2.51. The van der Waals surface area contributed by atoms with Crippen molar-refractivity contribution in [3.05, 3.63) is 12.0 Å². The number of carbonyl (C=O) groups excluding carboxylic acids is 4. The van der Waals surface area contributed by atoms with Gasteiger partial charge in [-0.3, -0.25) is 14.4 Å². The Labute approximate surface area is 218 Å². The first-order chi connectivity index (χ1) is 18.1. The molecule has 0 unspecified atom stereocenters. The molecule has 4 heterocycles. The van der Waals surface area contributed by atoms with Crippen molar-refractivity contribution in [1.82, 2.24) is 19.7 Å². The summed E-state index contributed by atoms with van der Waals surface area (Å²) >= 11 is 0. The van der Waals surface area contributed by atoms with Crippen molar-refractivity contribution in [3.63, 3.8) is 0 Å². The summed E-state index contributed by atoms with van der Waals surface area (Å²) in [6.45, 7) is 5.72. The van der Waals surface area contributed by atoms with Crippen molar-refractivity contribution >= 4 is 40.7 Å². The number of carbonyl (C=O) groups is 4. The number of piperidine rings is 1. The van der Waals surface area contributed by atoms with Gasteiger partial charge in [0.2, 0.25) is 0 Å². The Hall–Kier alpha value is -3.81. The summed E-state index contributed by atoms with van der Waals surface area (Å²) in [6, 6.07) is -0.507. The number of rotatable bonds is 7. The number of fused-ring (bicyclic) bond motifs is 1. The van der Waals surface area contributed by atoms with Crippen LogP contribution in [-0.4, -0.2) is 88.2 Å². The van der Waals surface area contributed by atoms with E-state index in [9.17, 15) is 19.2 Å². The second-order valence-corrected chi connectivity index (χ2v) is 9.16. The highest BCUT2D eigenvalue weighted by molar-refractivity contribution is 5.90. The highest BCUT2D eigenvalue weighted by Crippen LogP contribution is 2.37. The summed E-state index contributed by atoms with van der Waals surface area (Å²) in [4.78, 5) is 58.9. The summed E-state index contributed by atoms with van der Waals surface area (Å²) in [7, 11) is 1.35. The molecule has 2 aliphatic rings. The molecular formula is C24H31N5O9. The van der Waals surface area contributed by atoms with Gasteiger partial charge in [-0.05, 0) is 26.2 Å². The van der Waals surface area contributed by atoms with E-state index in [1.54, 1.807) is 13.1 Å². The molecule has 2 saturated heterocycles. The second-order valence-electron chi connectivity index (χ2n) is 9.16. The molecule has 5 atom stereocenters. The van der Waals surface area contributed by atoms with Crippen molar-refractivity contribution in [2.24, 2.45) is 0 Å². The first kappa shape index (κ1) is 27.2. The van der Waals surface area contributed by atoms with E-state index >= 15 is 0 Å². The fraction of sp³-hybridized carbons (Fsp3) is 0.625. The molecule has 0 N–H and O–H groups in total. The molecule has 0 radical (unpaired) electrons. The minimum atomic E-state index is -1.11. The van der Waals surface area contributed by atoms with Crippen LogP contribution in [0.5, 0.6) is 0 Å². The third kappa shape index (κ3) is 5.54. The van der Waals surface area contributed by atoms with Crippen LogP contribution < -0.4 is 4.90 Å². The molecule has 0 aliphatic carbocycles. The average Bonchev–Trinajstić information content (AvgIpc) is 3.42. The number of hydrogen-bond donors (Lipinski definition) is 0. The van der Waals surface area contributed by atoms with Gasteiger partial charge in [0.05, 0.1) is 18.7 Å². The molecule has 2 aromatic rings. The van der Waals surface area contributed by atoms with Crippen molar-refractivity contribution in [3.8, 4) is 0 Å². The van der Waals surface area contributed by atoms with Gasteiger partial charge in [-0.25, -0.2) is 19.4 Å². The topological polar surface area (TPSA) is 161 Å². The number of ether oxygens (including phenoxy) is 5. The number of aromatic nitrogens is 4. The van der Waals surface area contributed by atoms with E-state index in [0.717, 1.165) is 12.8 Å². The first-order valence-corrected chi connectivity index (χ1v) is 12.3. The Morgan fingerprint density at radius 2 is 1.74 bits per heavy atom. The maximum Gasteiger partial charge on any atom is 0.328 e. The average molecular weight is 534 g/mol. The Kier molecular flexibility index (Phi) is 8.09.